The third-order valence-corrected chi connectivity index (χ3v) is 3.73. The molecule has 1 aromatic rings. The number of aldehydes is 1. The van der Waals surface area contributed by atoms with Crippen molar-refractivity contribution in [3.8, 4) is 11.5 Å². The van der Waals surface area contributed by atoms with E-state index in [4.69, 9.17) is 9.47 Å². The van der Waals surface area contributed by atoms with Crippen molar-refractivity contribution in [1.29, 1.82) is 0 Å². The summed E-state index contributed by atoms with van der Waals surface area (Å²) in [7, 11) is 1.53. The Labute approximate surface area is 111 Å². The Morgan fingerprint density at radius 3 is 2.74 bits per heavy atom. The lowest BCUT2D eigenvalue weighted by Gasteiger charge is -2.20. The molecule has 0 radical (unpaired) electrons. The fourth-order valence-electron chi connectivity index (χ4n) is 2.73. The second-order valence-electron chi connectivity index (χ2n) is 4.86. The van der Waals surface area contributed by atoms with Crippen molar-refractivity contribution >= 4 is 12.1 Å². The van der Waals surface area contributed by atoms with E-state index in [-0.39, 0.29) is 17.6 Å². The molecule has 3 atom stereocenters. The molecule has 0 N–H and O–H groups in total. The number of benzene rings is 1. The molecule has 2 aliphatic rings. The molecule has 19 heavy (non-hydrogen) atoms. The first kappa shape index (κ1) is 12.0. The Balaban J connectivity index is 1.88. The van der Waals surface area contributed by atoms with Gasteiger partial charge in [0.1, 0.15) is 6.29 Å². The lowest BCUT2D eigenvalue weighted by atomic mass is 10.0. The summed E-state index contributed by atoms with van der Waals surface area (Å²) in [5.41, 5.74) is 0.502. The number of rotatable bonds is 4. The summed E-state index contributed by atoms with van der Waals surface area (Å²) in [6, 6.07) is 4.93. The van der Waals surface area contributed by atoms with Crippen molar-refractivity contribution in [2.45, 2.75) is 12.5 Å². The van der Waals surface area contributed by atoms with Gasteiger partial charge in [-0.25, -0.2) is 0 Å². The van der Waals surface area contributed by atoms with Gasteiger partial charge in [-0.2, -0.15) is 0 Å². The highest BCUT2D eigenvalue weighted by molar-refractivity contribution is 5.91. The van der Waals surface area contributed by atoms with Gasteiger partial charge in [0.25, 0.3) is 0 Å². The number of carbonyl (C=O) groups excluding carboxylic acids is 2. The minimum absolute atomic E-state index is 0.00440. The van der Waals surface area contributed by atoms with Crippen molar-refractivity contribution in [1.82, 2.24) is 0 Å². The predicted molar refractivity (Wildman–Crippen MR) is 68.5 cm³/mol. The Hall–Kier alpha value is -2.10. The van der Waals surface area contributed by atoms with Gasteiger partial charge in [-0.15, -0.1) is 0 Å². The number of allylic oxidation sites excluding steroid dienone is 1. The van der Waals surface area contributed by atoms with Gasteiger partial charge in [-0.1, -0.05) is 12.2 Å². The zero-order valence-corrected chi connectivity index (χ0v) is 10.5. The van der Waals surface area contributed by atoms with Gasteiger partial charge in [0.2, 0.25) is 0 Å². The molecule has 0 amide bonds. The molecule has 1 aromatic carbocycles. The first-order chi connectivity index (χ1) is 9.22. The van der Waals surface area contributed by atoms with Crippen LogP contribution in [0, 0.1) is 11.8 Å². The van der Waals surface area contributed by atoms with Crippen LogP contribution in [0.5, 0.6) is 11.5 Å². The van der Waals surface area contributed by atoms with Crippen LogP contribution in [-0.4, -0.2) is 25.3 Å². The van der Waals surface area contributed by atoms with Crippen LogP contribution in [0.3, 0.4) is 0 Å². The van der Waals surface area contributed by atoms with E-state index in [9.17, 15) is 9.59 Å². The molecule has 1 saturated carbocycles. The van der Waals surface area contributed by atoms with Gasteiger partial charge in [-0.05, 0) is 24.6 Å². The third kappa shape index (κ3) is 1.93. The average Bonchev–Trinajstić information content (AvgIpc) is 3.02. The summed E-state index contributed by atoms with van der Waals surface area (Å²) >= 11 is 0. The summed E-state index contributed by atoms with van der Waals surface area (Å²) in [5.74, 6) is 1.24. The number of Topliss-reactive ketones (excluding diaryl/α,β-unsaturated/α-hetero) is 1. The number of hydrogen-bond donors (Lipinski definition) is 0. The maximum absolute atomic E-state index is 12.0. The number of ether oxygens (including phenoxy) is 2. The lowest BCUT2D eigenvalue weighted by Crippen LogP contribution is -2.31. The van der Waals surface area contributed by atoms with E-state index in [0.717, 1.165) is 12.7 Å². The Morgan fingerprint density at radius 2 is 2.11 bits per heavy atom. The molecule has 0 spiro atoms. The molecule has 98 valence electrons. The van der Waals surface area contributed by atoms with E-state index in [1.54, 1.807) is 18.2 Å². The summed E-state index contributed by atoms with van der Waals surface area (Å²) in [4.78, 5) is 22.9. The number of methoxy groups -OCH3 is 1. The molecule has 3 unspecified atom stereocenters. The van der Waals surface area contributed by atoms with Crippen molar-refractivity contribution < 1.29 is 19.1 Å². The van der Waals surface area contributed by atoms with Gasteiger partial charge in [-0.3, -0.25) is 9.59 Å². The van der Waals surface area contributed by atoms with Gasteiger partial charge >= 0.3 is 0 Å². The molecule has 0 saturated heterocycles. The molecular weight excluding hydrogens is 244 g/mol. The smallest absolute Gasteiger partial charge is 0.180 e. The van der Waals surface area contributed by atoms with Crippen LogP contribution < -0.4 is 9.47 Å². The van der Waals surface area contributed by atoms with Gasteiger partial charge < -0.3 is 9.47 Å². The SMILES string of the molecule is COc1ccc(C=O)cc1OC1C(=O)C2C=CC1C2. The predicted octanol–water partition coefficient (Wildman–Crippen LogP) is 2.03. The highest BCUT2D eigenvalue weighted by Gasteiger charge is 2.45. The van der Waals surface area contributed by atoms with E-state index in [0.29, 0.717) is 17.1 Å². The van der Waals surface area contributed by atoms with Crippen LogP contribution in [-0.2, 0) is 4.79 Å². The van der Waals surface area contributed by atoms with E-state index in [2.05, 4.69) is 0 Å². The van der Waals surface area contributed by atoms with Gasteiger partial charge in [0, 0.05) is 17.4 Å². The van der Waals surface area contributed by atoms with Crippen LogP contribution in [0.4, 0.5) is 0 Å². The minimum atomic E-state index is -0.453. The molecule has 4 heteroatoms. The summed E-state index contributed by atoms with van der Waals surface area (Å²) in [6.45, 7) is 0. The Morgan fingerprint density at radius 1 is 1.26 bits per heavy atom. The molecule has 0 aliphatic heterocycles. The van der Waals surface area contributed by atoms with Crippen LogP contribution in [0.1, 0.15) is 16.8 Å². The van der Waals surface area contributed by atoms with Gasteiger partial charge in [0.15, 0.2) is 23.4 Å². The van der Waals surface area contributed by atoms with E-state index in [1.807, 2.05) is 12.2 Å². The summed E-state index contributed by atoms with van der Waals surface area (Å²) in [6.07, 6.45) is 5.11. The van der Waals surface area contributed by atoms with Crippen molar-refractivity contribution in [3.05, 3.63) is 35.9 Å². The second kappa shape index (κ2) is 4.53. The molecule has 3 rings (SSSR count). The number of fused-ring (bicyclic) bond motifs is 2. The highest BCUT2D eigenvalue weighted by Crippen LogP contribution is 2.40. The number of hydrogen-bond acceptors (Lipinski definition) is 4. The highest BCUT2D eigenvalue weighted by atomic mass is 16.5. The molecular formula is C15H14O4. The monoisotopic (exact) mass is 258 g/mol. The topological polar surface area (TPSA) is 52.6 Å². The van der Waals surface area contributed by atoms with Crippen LogP contribution >= 0.6 is 0 Å². The van der Waals surface area contributed by atoms with Crippen molar-refractivity contribution in [3.63, 3.8) is 0 Å². The molecule has 4 nitrogen and oxygen atoms in total. The number of ketones is 1. The zero-order valence-electron chi connectivity index (χ0n) is 10.5. The van der Waals surface area contributed by atoms with E-state index < -0.39 is 6.10 Å². The largest absolute Gasteiger partial charge is 0.493 e. The van der Waals surface area contributed by atoms with Crippen LogP contribution in [0.25, 0.3) is 0 Å². The first-order valence-electron chi connectivity index (χ1n) is 6.25. The molecule has 0 aromatic heterocycles. The Kier molecular flexibility index (Phi) is 2.85. The molecule has 2 bridgehead atoms. The van der Waals surface area contributed by atoms with Gasteiger partial charge in [0.05, 0.1) is 7.11 Å². The number of carbonyl (C=O) groups is 2. The quantitative estimate of drug-likeness (QED) is 0.612. The third-order valence-electron chi connectivity index (χ3n) is 3.73. The van der Waals surface area contributed by atoms with Crippen LogP contribution in [0.2, 0.25) is 0 Å². The van der Waals surface area contributed by atoms with E-state index in [1.165, 1.54) is 7.11 Å². The van der Waals surface area contributed by atoms with Crippen molar-refractivity contribution in [2.75, 3.05) is 7.11 Å². The fourth-order valence-corrected chi connectivity index (χ4v) is 2.73. The van der Waals surface area contributed by atoms with E-state index >= 15 is 0 Å². The maximum Gasteiger partial charge on any atom is 0.180 e. The average molecular weight is 258 g/mol. The molecule has 1 fully saturated rings. The maximum atomic E-state index is 12.0. The Bertz CT molecular complexity index is 561. The summed E-state index contributed by atoms with van der Waals surface area (Å²) < 4.78 is 11.0. The standard InChI is InChI=1S/C15H14O4/c1-18-12-5-2-9(8-16)6-13(12)19-15-11-4-3-10(7-11)14(15)17/h2-6,8,10-11,15H,7H2,1H3. The second-order valence-corrected chi connectivity index (χ2v) is 4.86. The van der Waals surface area contributed by atoms with Crippen molar-refractivity contribution in [2.24, 2.45) is 11.8 Å². The zero-order chi connectivity index (χ0) is 13.4. The molecule has 2 aliphatic carbocycles. The van der Waals surface area contributed by atoms with Crippen LogP contribution in [0.15, 0.2) is 30.4 Å². The fraction of sp³-hybridized carbons (Fsp3) is 0.333. The lowest BCUT2D eigenvalue weighted by molar-refractivity contribution is -0.126. The first-order valence-corrected chi connectivity index (χ1v) is 6.25. The molecule has 0 heterocycles. The minimum Gasteiger partial charge on any atom is -0.493 e. The summed E-state index contributed by atoms with van der Waals surface area (Å²) in [5, 5.41) is 0. The normalized spacial score (nSPS) is 27.6.